The lowest BCUT2D eigenvalue weighted by Gasteiger charge is -2.09. The van der Waals surface area contributed by atoms with Gasteiger partial charge in [0.1, 0.15) is 29.5 Å². The van der Waals surface area contributed by atoms with Gasteiger partial charge in [-0.3, -0.25) is 9.48 Å². The number of esters is 1. The second-order valence-corrected chi connectivity index (χ2v) is 6.55. The number of amides is 1. The first-order valence-electron chi connectivity index (χ1n) is 8.87. The molecule has 0 saturated carbocycles. The van der Waals surface area contributed by atoms with E-state index < -0.39 is 11.9 Å². The third-order valence-electron chi connectivity index (χ3n) is 4.07. The Morgan fingerprint density at radius 2 is 2.07 bits per heavy atom. The normalized spacial score (nSPS) is 10.6. The molecule has 8 nitrogen and oxygen atoms in total. The zero-order valence-electron chi connectivity index (χ0n) is 16.2. The first kappa shape index (κ1) is 20.5. The SMILES string of the molecule is CCOC(=O)c1cnn(C)c1NC(=O)c1ccc(COc2c(C)cccc2Cl)o1. The van der Waals surface area contributed by atoms with Gasteiger partial charge in [-0.05, 0) is 37.6 Å². The minimum absolute atomic E-state index is 0.0653. The standard InChI is InChI=1S/C20H20ClN3O5/c1-4-27-20(26)14-10-22-24(3)18(14)23-19(25)16-9-8-13(29-16)11-28-17-12(2)6-5-7-15(17)21/h5-10H,4,11H2,1-3H3,(H,23,25). The topological polar surface area (TPSA) is 95.6 Å². The van der Waals surface area contributed by atoms with Gasteiger partial charge in [0.15, 0.2) is 5.76 Å². The Hall–Kier alpha value is -3.26. The highest BCUT2D eigenvalue weighted by molar-refractivity contribution is 6.32. The van der Waals surface area contributed by atoms with Crippen LogP contribution in [0.4, 0.5) is 5.82 Å². The zero-order valence-corrected chi connectivity index (χ0v) is 16.9. The van der Waals surface area contributed by atoms with Crippen LogP contribution in [0.1, 0.15) is 39.2 Å². The highest BCUT2D eigenvalue weighted by Gasteiger charge is 2.21. The molecule has 0 unspecified atom stereocenters. The van der Waals surface area contributed by atoms with Gasteiger partial charge in [0.25, 0.3) is 5.91 Å². The van der Waals surface area contributed by atoms with E-state index in [9.17, 15) is 9.59 Å². The van der Waals surface area contributed by atoms with Crippen molar-refractivity contribution < 1.29 is 23.5 Å². The van der Waals surface area contributed by atoms with Crippen LogP contribution in [0.15, 0.2) is 40.9 Å². The number of nitrogens with one attached hydrogen (secondary N) is 1. The van der Waals surface area contributed by atoms with Crippen LogP contribution < -0.4 is 10.1 Å². The van der Waals surface area contributed by atoms with Crippen molar-refractivity contribution in [2.24, 2.45) is 7.05 Å². The van der Waals surface area contributed by atoms with Crippen molar-refractivity contribution in [2.75, 3.05) is 11.9 Å². The van der Waals surface area contributed by atoms with Crippen LogP contribution in [0.25, 0.3) is 0 Å². The van der Waals surface area contributed by atoms with Crippen molar-refractivity contribution in [3.63, 3.8) is 0 Å². The Morgan fingerprint density at radius 3 is 2.79 bits per heavy atom. The summed E-state index contributed by atoms with van der Waals surface area (Å²) in [4.78, 5) is 24.5. The Balaban J connectivity index is 1.69. The number of ether oxygens (including phenoxy) is 2. The van der Waals surface area contributed by atoms with Crippen LogP contribution in [0, 0.1) is 6.92 Å². The number of carbonyl (C=O) groups excluding carboxylic acids is 2. The van der Waals surface area contributed by atoms with E-state index in [1.165, 1.54) is 16.9 Å². The second kappa shape index (κ2) is 8.83. The van der Waals surface area contributed by atoms with Gasteiger partial charge in [0.2, 0.25) is 0 Å². The highest BCUT2D eigenvalue weighted by atomic mass is 35.5. The minimum Gasteiger partial charge on any atom is -0.484 e. The molecular weight excluding hydrogens is 398 g/mol. The molecule has 9 heteroatoms. The Labute approximate surface area is 172 Å². The molecule has 1 amide bonds. The fourth-order valence-corrected chi connectivity index (χ4v) is 2.91. The summed E-state index contributed by atoms with van der Waals surface area (Å²) in [6.07, 6.45) is 1.33. The summed E-state index contributed by atoms with van der Waals surface area (Å²) in [6, 6.07) is 8.62. The molecule has 0 spiro atoms. The summed E-state index contributed by atoms with van der Waals surface area (Å²) in [5.41, 5.74) is 1.05. The Morgan fingerprint density at radius 1 is 1.28 bits per heavy atom. The molecule has 29 heavy (non-hydrogen) atoms. The fourth-order valence-electron chi connectivity index (χ4n) is 2.63. The number of para-hydroxylation sites is 1. The van der Waals surface area contributed by atoms with Gasteiger partial charge in [-0.25, -0.2) is 4.79 Å². The van der Waals surface area contributed by atoms with Crippen LogP contribution >= 0.6 is 11.6 Å². The molecule has 3 rings (SSSR count). The monoisotopic (exact) mass is 417 g/mol. The van der Waals surface area contributed by atoms with E-state index in [0.29, 0.717) is 16.5 Å². The lowest BCUT2D eigenvalue weighted by molar-refractivity contribution is 0.0527. The maximum absolute atomic E-state index is 12.5. The Bertz CT molecular complexity index is 1020. The third kappa shape index (κ3) is 4.60. The van der Waals surface area contributed by atoms with E-state index >= 15 is 0 Å². The van der Waals surface area contributed by atoms with Gasteiger partial charge >= 0.3 is 5.97 Å². The van der Waals surface area contributed by atoms with Gasteiger partial charge in [-0.1, -0.05) is 23.7 Å². The molecule has 0 aliphatic carbocycles. The number of carbonyl (C=O) groups is 2. The molecule has 0 aliphatic rings. The van der Waals surface area contributed by atoms with Crippen molar-refractivity contribution in [1.82, 2.24) is 9.78 Å². The summed E-state index contributed by atoms with van der Waals surface area (Å²) in [7, 11) is 1.60. The molecule has 0 fully saturated rings. The lowest BCUT2D eigenvalue weighted by atomic mass is 10.2. The van der Waals surface area contributed by atoms with Crippen LogP contribution in [0.2, 0.25) is 5.02 Å². The van der Waals surface area contributed by atoms with E-state index in [4.69, 9.17) is 25.5 Å². The summed E-state index contributed by atoms with van der Waals surface area (Å²) in [5.74, 6) is 0.194. The number of nitrogens with zero attached hydrogens (tertiary/aromatic N) is 2. The molecule has 2 aromatic heterocycles. The maximum atomic E-state index is 12.5. The quantitative estimate of drug-likeness (QED) is 0.584. The predicted octanol–water partition coefficient (Wildman–Crippen LogP) is 3.98. The number of aryl methyl sites for hydroxylation is 2. The van der Waals surface area contributed by atoms with Crippen molar-refractivity contribution >= 4 is 29.3 Å². The van der Waals surface area contributed by atoms with Crippen LogP contribution in [0.3, 0.4) is 0 Å². The summed E-state index contributed by atoms with van der Waals surface area (Å²) in [6.45, 7) is 3.91. The predicted molar refractivity (Wildman–Crippen MR) is 106 cm³/mol. The number of anilines is 1. The molecular formula is C20H20ClN3O5. The molecule has 1 N–H and O–H groups in total. The van der Waals surface area contributed by atoms with Gasteiger partial charge < -0.3 is 19.2 Å². The van der Waals surface area contributed by atoms with Crippen molar-refractivity contribution in [1.29, 1.82) is 0 Å². The molecule has 0 atom stereocenters. The number of hydrogen-bond donors (Lipinski definition) is 1. The largest absolute Gasteiger partial charge is 0.484 e. The highest BCUT2D eigenvalue weighted by Crippen LogP contribution is 2.29. The first-order chi connectivity index (χ1) is 13.9. The minimum atomic E-state index is -0.570. The van der Waals surface area contributed by atoms with Crippen molar-refractivity contribution in [3.8, 4) is 5.75 Å². The van der Waals surface area contributed by atoms with E-state index in [0.717, 1.165) is 5.56 Å². The zero-order chi connectivity index (χ0) is 21.0. The fraction of sp³-hybridized carbons (Fsp3) is 0.250. The van der Waals surface area contributed by atoms with Gasteiger partial charge in [-0.15, -0.1) is 0 Å². The number of furan rings is 1. The van der Waals surface area contributed by atoms with E-state index in [2.05, 4.69) is 10.4 Å². The average Bonchev–Trinajstić information content (AvgIpc) is 3.29. The first-order valence-corrected chi connectivity index (χ1v) is 9.25. The van der Waals surface area contributed by atoms with Gasteiger partial charge in [0.05, 0.1) is 17.8 Å². The van der Waals surface area contributed by atoms with Crippen LogP contribution in [0.5, 0.6) is 5.75 Å². The van der Waals surface area contributed by atoms with E-state index in [-0.39, 0.29) is 30.4 Å². The smallest absolute Gasteiger partial charge is 0.343 e. The summed E-state index contributed by atoms with van der Waals surface area (Å²) < 4.78 is 17.6. The molecule has 0 aliphatic heterocycles. The number of halogens is 1. The third-order valence-corrected chi connectivity index (χ3v) is 4.37. The van der Waals surface area contributed by atoms with Crippen molar-refractivity contribution in [2.45, 2.75) is 20.5 Å². The molecule has 0 radical (unpaired) electrons. The Kier molecular flexibility index (Phi) is 6.23. The summed E-state index contributed by atoms with van der Waals surface area (Å²) >= 11 is 6.14. The molecule has 1 aromatic carbocycles. The summed E-state index contributed by atoms with van der Waals surface area (Å²) in [5, 5.41) is 7.11. The molecule has 2 heterocycles. The number of hydrogen-bond acceptors (Lipinski definition) is 6. The maximum Gasteiger partial charge on any atom is 0.343 e. The van der Waals surface area contributed by atoms with Gasteiger partial charge in [0, 0.05) is 7.05 Å². The van der Waals surface area contributed by atoms with Crippen molar-refractivity contribution in [3.05, 3.63) is 64.2 Å². The van der Waals surface area contributed by atoms with Crippen LogP contribution in [-0.4, -0.2) is 28.3 Å². The lowest BCUT2D eigenvalue weighted by Crippen LogP contribution is -2.17. The molecule has 0 bridgehead atoms. The number of rotatable bonds is 7. The number of aromatic nitrogens is 2. The average molecular weight is 418 g/mol. The van der Waals surface area contributed by atoms with E-state index in [1.807, 2.05) is 19.1 Å². The molecule has 0 saturated heterocycles. The van der Waals surface area contributed by atoms with Gasteiger partial charge in [-0.2, -0.15) is 5.10 Å². The molecule has 152 valence electrons. The number of benzene rings is 1. The van der Waals surface area contributed by atoms with Crippen LogP contribution in [-0.2, 0) is 18.4 Å². The van der Waals surface area contributed by atoms with E-state index in [1.54, 1.807) is 26.1 Å². The second-order valence-electron chi connectivity index (χ2n) is 6.15. The molecule has 3 aromatic rings.